The van der Waals surface area contributed by atoms with Crippen LogP contribution in [-0.4, -0.2) is 17.1 Å². The summed E-state index contributed by atoms with van der Waals surface area (Å²) >= 11 is 11.9. The standard InChI is InChI=1S/C15H10Cl2N2O2/c1-21-13-5-3-9(17)7-11(13)14-18-12-4-2-8(16)6-10(12)15(20)19-14/h2-7H,1H3,(H,18,19,20). The van der Waals surface area contributed by atoms with Gasteiger partial charge in [-0.3, -0.25) is 4.79 Å². The first kappa shape index (κ1) is 13.9. The van der Waals surface area contributed by atoms with Crippen LogP contribution >= 0.6 is 23.2 Å². The van der Waals surface area contributed by atoms with Crippen molar-refractivity contribution in [3.05, 3.63) is 56.8 Å². The SMILES string of the molecule is COc1ccc(Cl)cc1-c1nc2ccc(Cl)cc2c(=O)[nH]1. The molecule has 0 unspecified atom stereocenters. The van der Waals surface area contributed by atoms with Crippen LogP contribution in [0.1, 0.15) is 0 Å². The number of fused-ring (bicyclic) bond motifs is 1. The molecule has 0 aliphatic rings. The second-order valence-electron chi connectivity index (χ2n) is 4.42. The quantitative estimate of drug-likeness (QED) is 0.779. The second-order valence-corrected chi connectivity index (χ2v) is 5.29. The Hall–Kier alpha value is -2.04. The summed E-state index contributed by atoms with van der Waals surface area (Å²) in [5, 5.41) is 1.46. The zero-order valence-electron chi connectivity index (χ0n) is 11.0. The van der Waals surface area contributed by atoms with E-state index in [1.54, 1.807) is 43.5 Å². The molecule has 1 N–H and O–H groups in total. The molecular formula is C15H10Cl2N2O2. The minimum Gasteiger partial charge on any atom is -0.496 e. The third-order valence-electron chi connectivity index (χ3n) is 3.08. The zero-order valence-corrected chi connectivity index (χ0v) is 12.5. The Morgan fingerprint density at radius 1 is 1.10 bits per heavy atom. The first-order chi connectivity index (χ1) is 10.1. The molecule has 6 heteroatoms. The maximum Gasteiger partial charge on any atom is 0.259 e. The molecule has 106 valence electrons. The van der Waals surface area contributed by atoms with E-state index in [1.165, 1.54) is 0 Å². The van der Waals surface area contributed by atoms with Crippen LogP contribution in [0.2, 0.25) is 10.0 Å². The lowest BCUT2D eigenvalue weighted by Gasteiger charge is -2.09. The van der Waals surface area contributed by atoms with Crippen LogP contribution in [0.3, 0.4) is 0 Å². The van der Waals surface area contributed by atoms with Crippen LogP contribution < -0.4 is 10.3 Å². The molecule has 21 heavy (non-hydrogen) atoms. The number of nitrogens with one attached hydrogen (secondary N) is 1. The number of methoxy groups -OCH3 is 1. The zero-order chi connectivity index (χ0) is 15.0. The van der Waals surface area contributed by atoms with Crippen molar-refractivity contribution in [2.75, 3.05) is 7.11 Å². The van der Waals surface area contributed by atoms with Crippen molar-refractivity contribution in [1.29, 1.82) is 0 Å². The van der Waals surface area contributed by atoms with Crippen molar-refractivity contribution >= 4 is 34.1 Å². The average molecular weight is 321 g/mol. The Morgan fingerprint density at radius 3 is 2.57 bits per heavy atom. The molecule has 4 nitrogen and oxygen atoms in total. The van der Waals surface area contributed by atoms with Gasteiger partial charge in [0.15, 0.2) is 0 Å². The van der Waals surface area contributed by atoms with Crippen LogP contribution in [0.15, 0.2) is 41.2 Å². The smallest absolute Gasteiger partial charge is 0.259 e. The fourth-order valence-electron chi connectivity index (χ4n) is 2.10. The molecule has 0 bridgehead atoms. The topological polar surface area (TPSA) is 55.0 Å². The van der Waals surface area contributed by atoms with Gasteiger partial charge in [-0.05, 0) is 36.4 Å². The number of hydrogen-bond donors (Lipinski definition) is 1. The van der Waals surface area contributed by atoms with E-state index in [-0.39, 0.29) is 5.56 Å². The average Bonchev–Trinajstić information content (AvgIpc) is 2.47. The Labute approximate surface area is 130 Å². The number of aromatic amines is 1. The van der Waals surface area contributed by atoms with Crippen molar-refractivity contribution in [2.24, 2.45) is 0 Å². The van der Waals surface area contributed by atoms with E-state index in [1.807, 2.05) is 0 Å². The van der Waals surface area contributed by atoms with E-state index in [9.17, 15) is 4.79 Å². The molecule has 0 amide bonds. The van der Waals surface area contributed by atoms with Gasteiger partial charge in [0, 0.05) is 10.0 Å². The molecule has 3 aromatic rings. The largest absolute Gasteiger partial charge is 0.496 e. The maximum atomic E-state index is 12.2. The number of benzene rings is 2. The number of aromatic nitrogens is 2. The van der Waals surface area contributed by atoms with Gasteiger partial charge in [0.05, 0.1) is 23.6 Å². The number of ether oxygens (including phenoxy) is 1. The molecule has 1 aromatic heterocycles. The van der Waals surface area contributed by atoms with Gasteiger partial charge in [0.1, 0.15) is 11.6 Å². The predicted octanol–water partition coefficient (Wildman–Crippen LogP) is 3.91. The number of halogens is 2. The van der Waals surface area contributed by atoms with Crippen LogP contribution in [0.25, 0.3) is 22.3 Å². The van der Waals surface area contributed by atoms with Gasteiger partial charge in [0.2, 0.25) is 0 Å². The highest BCUT2D eigenvalue weighted by Gasteiger charge is 2.11. The Bertz CT molecular complexity index is 890. The van der Waals surface area contributed by atoms with Crippen LogP contribution in [0, 0.1) is 0 Å². The Kier molecular flexibility index (Phi) is 3.57. The van der Waals surface area contributed by atoms with E-state index in [2.05, 4.69) is 9.97 Å². The summed E-state index contributed by atoms with van der Waals surface area (Å²) in [5.41, 5.74) is 0.915. The van der Waals surface area contributed by atoms with Crippen molar-refractivity contribution in [2.45, 2.75) is 0 Å². The van der Waals surface area contributed by atoms with Gasteiger partial charge in [-0.2, -0.15) is 0 Å². The number of H-pyrrole nitrogens is 1. The molecule has 0 radical (unpaired) electrons. The number of nitrogens with zero attached hydrogens (tertiary/aromatic N) is 1. The van der Waals surface area contributed by atoms with Gasteiger partial charge >= 0.3 is 0 Å². The fourth-order valence-corrected chi connectivity index (χ4v) is 2.45. The van der Waals surface area contributed by atoms with E-state index in [0.717, 1.165) is 0 Å². The fraction of sp³-hybridized carbons (Fsp3) is 0.0667. The molecule has 2 aromatic carbocycles. The predicted molar refractivity (Wildman–Crippen MR) is 84.4 cm³/mol. The van der Waals surface area contributed by atoms with Crippen molar-refractivity contribution in [3.8, 4) is 17.1 Å². The molecule has 0 saturated carbocycles. The van der Waals surface area contributed by atoms with E-state index in [4.69, 9.17) is 27.9 Å². The van der Waals surface area contributed by atoms with Crippen LogP contribution in [-0.2, 0) is 0 Å². The third-order valence-corrected chi connectivity index (χ3v) is 3.55. The lowest BCUT2D eigenvalue weighted by Crippen LogP contribution is -2.09. The maximum absolute atomic E-state index is 12.2. The van der Waals surface area contributed by atoms with Crippen LogP contribution in [0.5, 0.6) is 5.75 Å². The van der Waals surface area contributed by atoms with Gasteiger partial charge < -0.3 is 9.72 Å². The molecule has 0 aliphatic heterocycles. The van der Waals surface area contributed by atoms with Gasteiger partial charge in [-0.15, -0.1) is 0 Å². The second kappa shape index (κ2) is 5.39. The van der Waals surface area contributed by atoms with E-state index in [0.29, 0.717) is 38.1 Å². The van der Waals surface area contributed by atoms with Gasteiger partial charge in [0.25, 0.3) is 5.56 Å². The molecule has 0 spiro atoms. The van der Waals surface area contributed by atoms with Gasteiger partial charge in [-0.25, -0.2) is 4.98 Å². The lowest BCUT2D eigenvalue weighted by molar-refractivity contribution is 0.416. The normalized spacial score (nSPS) is 10.8. The minimum absolute atomic E-state index is 0.264. The molecule has 0 fully saturated rings. The summed E-state index contributed by atoms with van der Waals surface area (Å²) < 4.78 is 5.28. The third kappa shape index (κ3) is 2.60. The summed E-state index contributed by atoms with van der Waals surface area (Å²) in [7, 11) is 1.55. The first-order valence-corrected chi connectivity index (χ1v) is 6.87. The summed E-state index contributed by atoms with van der Waals surface area (Å²) in [4.78, 5) is 19.4. The minimum atomic E-state index is -0.264. The summed E-state index contributed by atoms with van der Waals surface area (Å²) in [6, 6.07) is 10.1. The highest BCUT2D eigenvalue weighted by atomic mass is 35.5. The Balaban J connectivity index is 2.29. The highest BCUT2D eigenvalue weighted by Crippen LogP contribution is 2.30. The monoisotopic (exact) mass is 320 g/mol. The number of hydrogen-bond acceptors (Lipinski definition) is 3. The molecular weight excluding hydrogens is 311 g/mol. The first-order valence-electron chi connectivity index (χ1n) is 6.12. The van der Waals surface area contributed by atoms with Crippen molar-refractivity contribution < 1.29 is 4.74 Å². The van der Waals surface area contributed by atoms with Crippen LogP contribution in [0.4, 0.5) is 0 Å². The van der Waals surface area contributed by atoms with Gasteiger partial charge in [-0.1, -0.05) is 23.2 Å². The summed E-state index contributed by atoms with van der Waals surface area (Å²) in [6.07, 6.45) is 0. The highest BCUT2D eigenvalue weighted by molar-refractivity contribution is 6.31. The van der Waals surface area contributed by atoms with Crippen molar-refractivity contribution in [3.63, 3.8) is 0 Å². The molecule has 1 heterocycles. The molecule has 0 aliphatic carbocycles. The van der Waals surface area contributed by atoms with E-state index >= 15 is 0 Å². The van der Waals surface area contributed by atoms with Crippen molar-refractivity contribution in [1.82, 2.24) is 9.97 Å². The lowest BCUT2D eigenvalue weighted by atomic mass is 10.1. The molecule has 0 atom stereocenters. The Morgan fingerprint density at radius 2 is 1.81 bits per heavy atom. The number of rotatable bonds is 2. The summed E-state index contributed by atoms with van der Waals surface area (Å²) in [5.74, 6) is 0.977. The summed E-state index contributed by atoms with van der Waals surface area (Å²) in [6.45, 7) is 0. The molecule has 3 rings (SSSR count). The molecule has 0 saturated heterocycles. The van der Waals surface area contributed by atoms with E-state index < -0.39 is 0 Å².